The van der Waals surface area contributed by atoms with Gasteiger partial charge in [-0.1, -0.05) is 156 Å². The number of hydrogen-bond donors (Lipinski definition) is 0. The van der Waals surface area contributed by atoms with Crippen LogP contribution in [0.15, 0.2) is 0 Å². The van der Waals surface area contributed by atoms with Crippen LogP contribution in [0.1, 0.15) is 182 Å². The van der Waals surface area contributed by atoms with Gasteiger partial charge in [0.15, 0.2) is 0 Å². The van der Waals surface area contributed by atoms with Crippen LogP contribution in [0, 0.1) is 27.7 Å². The number of rotatable bonds is 20. The van der Waals surface area contributed by atoms with Gasteiger partial charge in [0.25, 0.3) is 0 Å². The summed E-state index contributed by atoms with van der Waals surface area (Å²) in [4.78, 5) is 0. The van der Waals surface area contributed by atoms with E-state index in [-0.39, 0.29) is 19.5 Å². The summed E-state index contributed by atoms with van der Waals surface area (Å²) < 4.78 is 0. The molecule has 0 heterocycles. The first-order chi connectivity index (χ1) is 15.7. The Hall–Kier alpha value is 0.623. The van der Waals surface area contributed by atoms with Crippen molar-refractivity contribution in [2.45, 2.75) is 182 Å². The van der Waals surface area contributed by atoms with E-state index in [1.54, 1.807) is 0 Å². The van der Waals surface area contributed by atoms with Crippen LogP contribution in [0.4, 0.5) is 0 Å². The standard InChI is InChI=1S/4C8H17.Zn/c4*1-3-5-7-8-6-4-2;/h4*1,3-8H2,2H3;/q4*-1;. The third kappa shape index (κ3) is 71.9. The fraction of sp³-hybridized carbons (Fsp3) is 0.875. The maximum Gasteiger partial charge on any atom is 0 e. The average Bonchev–Trinajstić information content (AvgIpc) is 2.82. The molecule has 0 aliphatic rings. The van der Waals surface area contributed by atoms with E-state index in [2.05, 4.69) is 55.4 Å². The Morgan fingerprint density at radius 2 is 0.424 bits per heavy atom. The van der Waals surface area contributed by atoms with Gasteiger partial charge in [-0.2, -0.15) is 25.7 Å². The quantitative estimate of drug-likeness (QED) is 0.0855. The molecule has 0 spiro atoms. The van der Waals surface area contributed by atoms with Crippen molar-refractivity contribution in [1.82, 2.24) is 0 Å². The molecule has 0 aromatic heterocycles. The number of hydrogen-bond acceptors (Lipinski definition) is 0. The van der Waals surface area contributed by atoms with Gasteiger partial charge in [-0.15, -0.1) is 0 Å². The molecule has 1 heteroatoms. The summed E-state index contributed by atoms with van der Waals surface area (Å²) in [5.74, 6) is 0. The van der Waals surface area contributed by atoms with E-state index in [1.807, 2.05) is 0 Å². The molecule has 202 valence electrons. The maximum absolute atomic E-state index is 3.78. The SMILES string of the molecule is [CH2-]CCCCCCC.[CH2-]CCCCCCC.[CH2-]CCCCCCC.[CH2-]CCCCCCC.[Zn]. The first-order valence-corrected chi connectivity index (χ1v) is 14.8. The van der Waals surface area contributed by atoms with Crippen molar-refractivity contribution in [3.63, 3.8) is 0 Å². The number of unbranched alkanes of at least 4 members (excludes halogenated alkanes) is 20. The van der Waals surface area contributed by atoms with Gasteiger partial charge in [0.05, 0.1) is 0 Å². The van der Waals surface area contributed by atoms with Gasteiger partial charge in [-0.3, -0.25) is 0 Å². The van der Waals surface area contributed by atoms with E-state index in [0.29, 0.717) is 0 Å². The summed E-state index contributed by atoms with van der Waals surface area (Å²) in [7, 11) is 0. The topological polar surface area (TPSA) is 0 Å². The molecule has 0 saturated carbocycles. The van der Waals surface area contributed by atoms with Gasteiger partial charge in [0, 0.05) is 19.5 Å². The zero-order chi connectivity index (χ0) is 25.0. The molecule has 0 saturated heterocycles. The van der Waals surface area contributed by atoms with Crippen LogP contribution < -0.4 is 0 Å². The normalized spacial score (nSPS) is 9.45. The summed E-state index contributed by atoms with van der Waals surface area (Å²) >= 11 is 0. The van der Waals surface area contributed by atoms with Crippen LogP contribution in [0.2, 0.25) is 0 Å². The van der Waals surface area contributed by atoms with Gasteiger partial charge in [-0.05, 0) is 0 Å². The Labute approximate surface area is 228 Å². The largest absolute Gasteiger partial charge is 0.343 e. The Morgan fingerprint density at radius 3 is 0.545 bits per heavy atom. The molecule has 0 amide bonds. The predicted octanol–water partition coefficient (Wildman–Crippen LogP) is 12.7. The second kappa shape index (κ2) is 53.8. The molecule has 0 rings (SSSR count). The molecule has 0 unspecified atom stereocenters. The van der Waals surface area contributed by atoms with E-state index in [1.165, 1.54) is 128 Å². The summed E-state index contributed by atoms with van der Waals surface area (Å²) in [5.41, 5.74) is 0. The van der Waals surface area contributed by atoms with Gasteiger partial charge in [0.2, 0.25) is 0 Å². The van der Waals surface area contributed by atoms with E-state index in [9.17, 15) is 0 Å². The van der Waals surface area contributed by atoms with Crippen LogP contribution in [-0.4, -0.2) is 0 Å². The smallest absolute Gasteiger partial charge is 0 e. The van der Waals surface area contributed by atoms with Gasteiger partial charge >= 0.3 is 0 Å². The third-order valence-corrected chi connectivity index (χ3v) is 5.41. The second-order valence-corrected chi connectivity index (χ2v) is 9.07. The van der Waals surface area contributed by atoms with E-state index < -0.39 is 0 Å². The van der Waals surface area contributed by atoms with Crippen LogP contribution in [0.3, 0.4) is 0 Å². The van der Waals surface area contributed by atoms with Crippen molar-refractivity contribution in [1.29, 1.82) is 0 Å². The summed E-state index contributed by atoms with van der Waals surface area (Å²) in [6, 6.07) is 0. The summed E-state index contributed by atoms with van der Waals surface area (Å²) in [6.45, 7) is 24.1. The van der Waals surface area contributed by atoms with Crippen molar-refractivity contribution in [3.05, 3.63) is 27.7 Å². The molecule has 0 radical (unpaired) electrons. The monoisotopic (exact) mass is 516 g/mol. The molecular formula is C32H68Zn-4. The maximum atomic E-state index is 3.78. The second-order valence-electron chi connectivity index (χ2n) is 9.07. The van der Waals surface area contributed by atoms with Crippen molar-refractivity contribution >= 4 is 0 Å². The first-order valence-electron chi connectivity index (χ1n) is 14.8. The summed E-state index contributed by atoms with van der Waals surface area (Å²) in [6.07, 6.45) is 31.9. The van der Waals surface area contributed by atoms with Crippen molar-refractivity contribution < 1.29 is 19.5 Å². The van der Waals surface area contributed by atoms with Crippen molar-refractivity contribution in [3.8, 4) is 0 Å². The van der Waals surface area contributed by atoms with E-state index in [0.717, 1.165) is 25.7 Å². The van der Waals surface area contributed by atoms with E-state index >= 15 is 0 Å². The van der Waals surface area contributed by atoms with Gasteiger partial charge in [-0.25, -0.2) is 0 Å². The van der Waals surface area contributed by atoms with Crippen molar-refractivity contribution in [2.75, 3.05) is 0 Å². The molecular weight excluding hydrogens is 450 g/mol. The minimum Gasteiger partial charge on any atom is -0.343 e. The molecule has 0 N–H and O–H groups in total. The fourth-order valence-corrected chi connectivity index (χ4v) is 3.12. The van der Waals surface area contributed by atoms with Gasteiger partial charge in [0.1, 0.15) is 0 Å². The van der Waals surface area contributed by atoms with Crippen LogP contribution in [0.5, 0.6) is 0 Å². The molecule has 0 aliphatic heterocycles. The van der Waals surface area contributed by atoms with Crippen LogP contribution in [0.25, 0.3) is 0 Å². The minimum atomic E-state index is 0. The molecule has 0 aliphatic carbocycles. The third-order valence-electron chi connectivity index (χ3n) is 5.41. The average molecular weight is 518 g/mol. The molecule has 0 nitrogen and oxygen atoms in total. The van der Waals surface area contributed by atoms with E-state index in [4.69, 9.17) is 0 Å². The van der Waals surface area contributed by atoms with Gasteiger partial charge < -0.3 is 27.7 Å². The Bertz CT molecular complexity index is 155. The molecule has 0 bridgehead atoms. The summed E-state index contributed by atoms with van der Waals surface area (Å²) in [5, 5.41) is 0. The Kier molecular flexibility index (Phi) is 71.2. The predicted molar refractivity (Wildman–Crippen MR) is 155 cm³/mol. The fourth-order valence-electron chi connectivity index (χ4n) is 3.12. The Balaban J connectivity index is -0.000000105. The first kappa shape index (κ1) is 43.7. The van der Waals surface area contributed by atoms with Crippen LogP contribution in [-0.2, 0) is 19.5 Å². The van der Waals surface area contributed by atoms with Crippen molar-refractivity contribution in [2.24, 2.45) is 0 Å². The molecule has 0 aromatic carbocycles. The molecule has 0 atom stereocenters. The zero-order valence-electron chi connectivity index (χ0n) is 24.5. The molecule has 33 heavy (non-hydrogen) atoms. The minimum absolute atomic E-state index is 0. The Morgan fingerprint density at radius 1 is 0.273 bits per heavy atom. The molecule has 0 aromatic rings. The zero-order valence-corrected chi connectivity index (χ0v) is 27.5. The van der Waals surface area contributed by atoms with Crippen LogP contribution >= 0.6 is 0 Å². The molecule has 0 fully saturated rings.